The molecule has 2 heterocycles. The van der Waals surface area contributed by atoms with E-state index >= 15 is 0 Å². The molecule has 1 amide bonds. The minimum absolute atomic E-state index is 0.173. The largest absolute Gasteiger partial charge is 0.486 e. The number of amides is 1. The molecular weight excluding hydrogens is 300 g/mol. The molecule has 22 heavy (non-hydrogen) atoms. The number of para-hydroxylation sites is 2. The molecule has 1 aliphatic heterocycles. The normalized spacial score (nSPS) is 16.7. The molecule has 1 N–H and O–H groups in total. The van der Waals surface area contributed by atoms with E-state index in [2.05, 4.69) is 10.3 Å². The lowest BCUT2D eigenvalue weighted by atomic mass is 10.2. The van der Waals surface area contributed by atoms with Gasteiger partial charge in [-0.1, -0.05) is 12.1 Å². The van der Waals surface area contributed by atoms with Gasteiger partial charge in [0.2, 0.25) is 5.91 Å². The molecule has 0 saturated heterocycles. The van der Waals surface area contributed by atoms with Crippen LogP contribution in [0.5, 0.6) is 11.5 Å². The molecule has 6 heteroatoms. The highest BCUT2D eigenvalue weighted by Crippen LogP contribution is 2.30. The Hall–Kier alpha value is -2.34. The molecule has 1 aliphatic rings. The summed E-state index contributed by atoms with van der Waals surface area (Å²) >= 11 is 1.56. The summed E-state index contributed by atoms with van der Waals surface area (Å²) in [4.78, 5) is 16.1. The minimum Gasteiger partial charge on any atom is -0.486 e. The van der Waals surface area contributed by atoms with Gasteiger partial charge in [0.05, 0.1) is 17.2 Å². The van der Waals surface area contributed by atoms with Crippen LogP contribution in [0, 0.1) is 6.92 Å². The summed E-state index contributed by atoms with van der Waals surface area (Å²) in [6.07, 6.45) is 2.99. The number of aryl methyl sites for hydroxylation is 1. The Morgan fingerprint density at radius 2 is 2.27 bits per heavy atom. The fourth-order valence-corrected chi connectivity index (χ4v) is 2.64. The molecule has 1 aromatic carbocycles. The fourth-order valence-electron chi connectivity index (χ4n) is 2.05. The topological polar surface area (TPSA) is 60.5 Å². The Labute approximate surface area is 132 Å². The standard InChI is InChI=1S/C16H16N2O3S/c1-11-18-12(10-22-11)6-7-16(19)17-8-13-9-20-14-4-2-3-5-15(14)21-13/h2-7,10,13H,8-9H2,1H3,(H,17,19)/b7-6+. The third-order valence-corrected chi connectivity index (χ3v) is 3.91. The zero-order valence-electron chi connectivity index (χ0n) is 12.1. The predicted molar refractivity (Wildman–Crippen MR) is 85.2 cm³/mol. The molecule has 0 saturated carbocycles. The Bertz CT molecular complexity index is 696. The lowest BCUT2D eigenvalue weighted by Crippen LogP contribution is -2.40. The van der Waals surface area contributed by atoms with Crippen LogP contribution in [-0.4, -0.2) is 30.1 Å². The highest BCUT2D eigenvalue weighted by atomic mass is 32.1. The van der Waals surface area contributed by atoms with Gasteiger partial charge in [0.25, 0.3) is 0 Å². The van der Waals surface area contributed by atoms with E-state index < -0.39 is 0 Å². The van der Waals surface area contributed by atoms with E-state index in [1.54, 1.807) is 17.4 Å². The molecule has 0 bridgehead atoms. The number of fused-ring (bicyclic) bond motifs is 1. The van der Waals surface area contributed by atoms with Crippen LogP contribution in [0.1, 0.15) is 10.7 Å². The summed E-state index contributed by atoms with van der Waals surface area (Å²) in [6.45, 7) is 2.75. The van der Waals surface area contributed by atoms with Crippen molar-refractivity contribution in [1.82, 2.24) is 10.3 Å². The van der Waals surface area contributed by atoms with Gasteiger partial charge in [-0.2, -0.15) is 0 Å². The Balaban J connectivity index is 1.49. The van der Waals surface area contributed by atoms with Crippen LogP contribution in [-0.2, 0) is 4.79 Å². The fraction of sp³-hybridized carbons (Fsp3) is 0.250. The molecular formula is C16H16N2O3S. The summed E-state index contributed by atoms with van der Waals surface area (Å²) in [5.41, 5.74) is 0.795. The Morgan fingerprint density at radius 1 is 1.45 bits per heavy atom. The number of nitrogens with one attached hydrogen (secondary N) is 1. The van der Waals surface area contributed by atoms with Crippen molar-refractivity contribution >= 4 is 23.3 Å². The maximum atomic E-state index is 11.8. The smallest absolute Gasteiger partial charge is 0.244 e. The number of hydrogen-bond donors (Lipinski definition) is 1. The minimum atomic E-state index is -0.186. The second-order valence-electron chi connectivity index (χ2n) is 4.87. The van der Waals surface area contributed by atoms with Crippen molar-refractivity contribution in [2.75, 3.05) is 13.2 Å². The van der Waals surface area contributed by atoms with E-state index in [-0.39, 0.29) is 12.0 Å². The summed E-state index contributed by atoms with van der Waals surface area (Å²) in [7, 11) is 0. The molecule has 0 radical (unpaired) electrons. The third kappa shape index (κ3) is 3.65. The van der Waals surface area contributed by atoms with E-state index in [0.29, 0.717) is 18.9 Å². The van der Waals surface area contributed by atoms with Crippen molar-refractivity contribution < 1.29 is 14.3 Å². The third-order valence-electron chi connectivity index (χ3n) is 3.11. The molecule has 1 atom stereocenters. The Morgan fingerprint density at radius 3 is 3.05 bits per heavy atom. The number of ether oxygens (including phenoxy) is 2. The number of hydrogen-bond acceptors (Lipinski definition) is 5. The van der Waals surface area contributed by atoms with E-state index in [1.807, 2.05) is 36.6 Å². The molecule has 1 aromatic heterocycles. The van der Waals surface area contributed by atoms with Crippen molar-refractivity contribution in [2.45, 2.75) is 13.0 Å². The number of thiazole rings is 1. The van der Waals surface area contributed by atoms with Crippen LogP contribution in [0.3, 0.4) is 0 Å². The van der Waals surface area contributed by atoms with Gasteiger partial charge >= 0.3 is 0 Å². The molecule has 2 aromatic rings. The molecule has 0 fully saturated rings. The second-order valence-corrected chi connectivity index (χ2v) is 5.93. The van der Waals surface area contributed by atoms with Gasteiger partial charge < -0.3 is 14.8 Å². The monoisotopic (exact) mass is 316 g/mol. The van der Waals surface area contributed by atoms with Crippen molar-refractivity contribution in [3.63, 3.8) is 0 Å². The zero-order valence-corrected chi connectivity index (χ0v) is 12.9. The quantitative estimate of drug-likeness (QED) is 0.880. The molecule has 0 spiro atoms. The van der Waals surface area contributed by atoms with Gasteiger partial charge in [0, 0.05) is 11.5 Å². The van der Waals surface area contributed by atoms with E-state index in [4.69, 9.17) is 9.47 Å². The lowest BCUT2D eigenvalue weighted by Gasteiger charge is -2.26. The number of carbonyl (C=O) groups is 1. The number of rotatable bonds is 4. The van der Waals surface area contributed by atoms with Crippen molar-refractivity contribution in [1.29, 1.82) is 0 Å². The van der Waals surface area contributed by atoms with Gasteiger partial charge in [-0.3, -0.25) is 4.79 Å². The molecule has 3 rings (SSSR count). The number of carbonyl (C=O) groups excluding carboxylic acids is 1. The summed E-state index contributed by atoms with van der Waals surface area (Å²) in [5.74, 6) is 1.28. The van der Waals surface area contributed by atoms with E-state index in [1.165, 1.54) is 6.08 Å². The summed E-state index contributed by atoms with van der Waals surface area (Å²) < 4.78 is 11.4. The molecule has 114 valence electrons. The van der Waals surface area contributed by atoms with Crippen LogP contribution < -0.4 is 14.8 Å². The molecule has 1 unspecified atom stereocenters. The average molecular weight is 316 g/mol. The van der Waals surface area contributed by atoms with Crippen molar-refractivity contribution in [3.05, 3.63) is 46.4 Å². The summed E-state index contributed by atoms with van der Waals surface area (Å²) in [5, 5.41) is 5.69. The van der Waals surface area contributed by atoms with Crippen LogP contribution in [0.2, 0.25) is 0 Å². The van der Waals surface area contributed by atoms with E-state index in [9.17, 15) is 4.79 Å². The SMILES string of the molecule is Cc1nc(/C=C/C(=O)NCC2COc3ccccc3O2)cs1. The van der Waals surface area contributed by atoms with Gasteiger partial charge in [-0.05, 0) is 25.1 Å². The first-order valence-corrected chi connectivity index (χ1v) is 7.85. The maximum Gasteiger partial charge on any atom is 0.244 e. The Kier molecular flexibility index (Phi) is 4.39. The highest BCUT2D eigenvalue weighted by Gasteiger charge is 2.20. The zero-order chi connectivity index (χ0) is 15.4. The first-order chi connectivity index (χ1) is 10.7. The molecule has 0 aliphatic carbocycles. The van der Waals surface area contributed by atoms with Gasteiger partial charge in [-0.15, -0.1) is 11.3 Å². The van der Waals surface area contributed by atoms with Gasteiger partial charge in [0.1, 0.15) is 12.7 Å². The number of nitrogens with zero attached hydrogens (tertiary/aromatic N) is 1. The van der Waals surface area contributed by atoms with E-state index in [0.717, 1.165) is 16.5 Å². The van der Waals surface area contributed by atoms with Crippen LogP contribution in [0.15, 0.2) is 35.7 Å². The van der Waals surface area contributed by atoms with Crippen LogP contribution >= 0.6 is 11.3 Å². The average Bonchev–Trinajstić information content (AvgIpc) is 2.96. The lowest BCUT2D eigenvalue weighted by molar-refractivity contribution is -0.116. The first-order valence-electron chi connectivity index (χ1n) is 6.97. The van der Waals surface area contributed by atoms with Gasteiger partial charge in [0.15, 0.2) is 11.5 Å². The van der Waals surface area contributed by atoms with Crippen molar-refractivity contribution in [3.8, 4) is 11.5 Å². The second kappa shape index (κ2) is 6.62. The van der Waals surface area contributed by atoms with Crippen molar-refractivity contribution in [2.24, 2.45) is 0 Å². The highest BCUT2D eigenvalue weighted by molar-refractivity contribution is 7.09. The maximum absolute atomic E-state index is 11.8. The molecule has 5 nitrogen and oxygen atoms in total. The van der Waals surface area contributed by atoms with Gasteiger partial charge in [-0.25, -0.2) is 4.98 Å². The first kappa shape index (κ1) is 14.6. The van der Waals surface area contributed by atoms with Crippen LogP contribution in [0.25, 0.3) is 6.08 Å². The number of benzene rings is 1. The number of aromatic nitrogens is 1. The summed E-state index contributed by atoms with van der Waals surface area (Å²) in [6, 6.07) is 7.51. The predicted octanol–water partition coefficient (Wildman–Crippen LogP) is 2.42. The van der Waals surface area contributed by atoms with Crippen LogP contribution in [0.4, 0.5) is 0 Å².